The van der Waals surface area contributed by atoms with E-state index in [0.717, 1.165) is 0 Å². The van der Waals surface area contributed by atoms with Crippen molar-refractivity contribution < 1.29 is 18.8 Å². The SMILES string of the molecule is COC(=O)Cc1csc(NC(=O)c2noc(C)n2)n1. The molecule has 0 aliphatic heterocycles. The minimum Gasteiger partial charge on any atom is -0.469 e. The lowest BCUT2D eigenvalue weighted by Gasteiger charge is -1.96. The molecule has 2 rings (SSSR count). The van der Waals surface area contributed by atoms with E-state index in [9.17, 15) is 9.59 Å². The summed E-state index contributed by atoms with van der Waals surface area (Å²) in [5.74, 6) is -0.675. The van der Waals surface area contributed by atoms with Crippen LogP contribution in [0, 0.1) is 6.92 Å². The van der Waals surface area contributed by atoms with Gasteiger partial charge in [0.1, 0.15) is 0 Å². The maximum Gasteiger partial charge on any atom is 0.311 e. The normalized spacial score (nSPS) is 10.2. The molecule has 1 amide bonds. The predicted molar refractivity (Wildman–Crippen MR) is 64.8 cm³/mol. The number of hydrogen-bond acceptors (Lipinski definition) is 8. The number of nitrogens with one attached hydrogen (secondary N) is 1. The molecule has 0 aromatic carbocycles. The zero-order valence-electron chi connectivity index (χ0n) is 10.2. The highest BCUT2D eigenvalue weighted by Gasteiger charge is 2.15. The van der Waals surface area contributed by atoms with Crippen molar-refractivity contribution in [3.05, 3.63) is 22.8 Å². The van der Waals surface area contributed by atoms with E-state index < -0.39 is 11.9 Å². The number of thiazole rings is 1. The number of aromatic nitrogens is 3. The molecule has 19 heavy (non-hydrogen) atoms. The van der Waals surface area contributed by atoms with Gasteiger partial charge in [-0.15, -0.1) is 11.3 Å². The summed E-state index contributed by atoms with van der Waals surface area (Å²) in [5.41, 5.74) is 0.524. The number of methoxy groups -OCH3 is 1. The Balaban J connectivity index is 2.00. The molecule has 0 unspecified atom stereocenters. The molecule has 2 aromatic rings. The first kappa shape index (κ1) is 13.1. The van der Waals surface area contributed by atoms with Gasteiger partial charge >= 0.3 is 5.97 Å². The highest BCUT2D eigenvalue weighted by molar-refractivity contribution is 7.14. The largest absolute Gasteiger partial charge is 0.469 e. The summed E-state index contributed by atoms with van der Waals surface area (Å²) in [5, 5.41) is 8.01. The molecule has 2 aromatic heterocycles. The van der Waals surface area contributed by atoms with Crippen LogP contribution in [0.4, 0.5) is 5.13 Å². The number of aryl methyl sites for hydroxylation is 1. The molecule has 0 saturated heterocycles. The Labute approximate surface area is 111 Å². The number of hydrogen-bond donors (Lipinski definition) is 1. The van der Waals surface area contributed by atoms with Crippen molar-refractivity contribution in [1.82, 2.24) is 15.1 Å². The van der Waals surface area contributed by atoms with Crippen LogP contribution in [-0.4, -0.2) is 34.1 Å². The van der Waals surface area contributed by atoms with E-state index in [-0.39, 0.29) is 12.2 Å². The second-order valence-electron chi connectivity index (χ2n) is 3.49. The Morgan fingerprint density at radius 2 is 2.26 bits per heavy atom. The van der Waals surface area contributed by atoms with Gasteiger partial charge in [0, 0.05) is 12.3 Å². The molecule has 2 heterocycles. The van der Waals surface area contributed by atoms with Gasteiger partial charge in [0.15, 0.2) is 5.13 Å². The van der Waals surface area contributed by atoms with E-state index >= 15 is 0 Å². The van der Waals surface area contributed by atoms with Gasteiger partial charge in [0.25, 0.3) is 11.7 Å². The number of carbonyl (C=O) groups excluding carboxylic acids is 2. The van der Waals surface area contributed by atoms with E-state index in [1.807, 2.05) is 0 Å². The van der Waals surface area contributed by atoms with E-state index in [2.05, 4.69) is 25.2 Å². The first-order chi connectivity index (χ1) is 9.08. The van der Waals surface area contributed by atoms with Gasteiger partial charge in [-0.05, 0) is 0 Å². The molecule has 0 saturated carbocycles. The minimum absolute atomic E-state index is 0.0597. The van der Waals surface area contributed by atoms with Crippen LogP contribution in [0.1, 0.15) is 22.2 Å². The molecule has 100 valence electrons. The lowest BCUT2D eigenvalue weighted by molar-refractivity contribution is -0.139. The summed E-state index contributed by atoms with van der Waals surface area (Å²) >= 11 is 1.19. The molecule has 1 N–H and O–H groups in total. The van der Waals surface area contributed by atoms with Crippen molar-refractivity contribution >= 4 is 28.3 Å². The zero-order chi connectivity index (χ0) is 13.8. The van der Waals surface area contributed by atoms with Crippen molar-refractivity contribution in [2.45, 2.75) is 13.3 Å². The Hall–Kier alpha value is -2.29. The highest BCUT2D eigenvalue weighted by atomic mass is 32.1. The van der Waals surface area contributed by atoms with Gasteiger partial charge in [-0.3, -0.25) is 14.9 Å². The Bertz CT molecular complexity index is 606. The van der Waals surface area contributed by atoms with E-state index in [1.54, 1.807) is 12.3 Å². The number of anilines is 1. The number of nitrogens with zero attached hydrogens (tertiary/aromatic N) is 3. The second-order valence-corrected chi connectivity index (χ2v) is 4.35. The van der Waals surface area contributed by atoms with E-state index in [1.165, 1.54) is 18.4 Å². The first-order valence-electron chi connectivity index (χ1n) is 5.21. The minimum atomic E-state index is -0.518. The molecule has 0 aliphatic carbocycles. The van der Waals surface area contributed by atoms with Crippen molar-refractivity contribution in [1.29, 1.82) is 0 Å². The molecule has 0 fully saturated rings. The van der Waals surface area contributed by atoms with Gasteiger partial charge in [-0.2, -0.15) is 4.98 Å². The summed E-state index contributed by atoms with van der Waals surface area (Å²) in [6.07, 6.45) is 0.0597. The highest BCUT2D eigenvalue weighted by Crippen LogP contribution is 2.16. The van der Waals surface area contributed by atoms with Gasteiger partial charge in [-0.25, -0.2) is 4.98 Å². The summed E-state index contributed by atoms with van der Waals surface area (Å²) in [6, 6.07) is 0. The Kier molecular flexibility index (Phi) is 3.85. The van der Waals surface area contributed by atoms with Crippen molar-refractivity contribution in [2.75, 3.05) is 12.4 Å². The monoisotopic (exact) mass is 282 g/mol. The fraction of sp³-hybridized carbons (Fsp3) is 0.300. The maximum atomic E-state index is 11.7. The average Bonchev–Trinajstić information content (AvgIpc) is 2.98. The van der Waals surface area contributed by atoms with E-state index in [4.69, 9.17) is 4.52 Å². The zero-order valence-corrected chi connectivity index (χ0v) is 11.0. The average molecular weight is 282 g/mol. The molecule has 8 nitrogen and oxygen atoms in total. The molecular weight excluding hydrogens is 272 g/mol. The maximum absolute atomic E-state index is 11.7. The molecule has 0 bridgehead atoms. The summed E-state index contributed by atoms with van der Waals surface area (Å²) in [6.45, 7) is 1.58. The summed E-state index contributed by atoms with van der Waals surface area (Å²) in [7, 11) is 1.30. The van der Waals surface area contributed by atoms with Crippen LogP contribution in [0.25, 0.3) is 0 Å². The van der Waals surface area contributed by atoms with Gasteiger partial charge in [-0.1, -0.05) is 5.16 Å². The second kappa shape index (κ2) is 5.57. The van der Waals surface area contributed by atoms with Gasteiger partial charge in [0.2, 0.25) is 5.89 Å². The third-order valence-corrected chi connectivity index (χ3v) is 2.86. The predicted octanol–water partition coefficient (Wildman–Crippen LogP) is 0.802. The quantitative estimate of drug-likeness (QED) is 0.826. The van der Waals surface area contributed by atoms with Crippen LogP contribution < -0.4 is 5.32 Å². The van der Waals surface area contributed by atoms with E-state index in [0.29, 0.717) is 16.7 Å². The molecule has 0 spiro atoms. The van der Waals surface area contributed by atoms with Crippen molar-refractivity contribution in [2.24, 2.45) is 0 Å². The number of rotatable bonds is 4. The molecule has 0 atom stereocenters. The van der Waals surface area contributed by atoms with Gasteiger partial charge in [0.05, 0.1) is 19.2 Å². The topological polar surface area (TPSA) is 107 Å². The number of esters is 1. The van der Waals surface area contributed by atoms with Crippen LogP contribution >= 0.6 is 11.3 Å². The standard InChI is InChI=1S/C10H10N4O4S/c1-5-11-8(14-18-5)9(16)13-10-12-6(4-19-10)3-7(15)17-2/h4H,3H2,1-2H3,(H,12,13,16). The lowest BCUT2D eigenvalue weighted by Crippen LogP contribution is -2.13. The Morgan fingerprint density at radius 1 is 1.47 bits per heavy atom. The first-order valence-corrected chi connectivity index (χ1v) is 6.09. The summed E-state index contributed by atoms with van der Waals surface area (Å²) in [4.78, 5) is 30.6. The lowest BCUT2D eigenvalue weighted by atomic mass is 10.3. The fourth-order valence-corrected chi connectivity index (χ4v) is 1.92. The van der Waals surface area contributed by atoms with Crippen LogP contribution in [0.15, 0.2) is 9.90 Å². The van der Waals surface area contributed by atoms with Crippen molar-refractivity contribution in [3.8, 4) is 0 Å². The molecule has 0 aliphatic rings. The third kappa shape index (κ3) is 3.35. The number of amides is 1. The van der Waals surface area contributed by atoms with Crippen molar-refractivity contribution in [3.63, 3.8) is 0 Å². The third-order valence-electron chi connectivity index (χ3n) is 2.06. The number of ether oxygens (including phenoxy) is 1. The van der Waals surface area contributed by atoms with Crippen LogP contribution in [-0.2, 0) is 16.0 Å². The molecule has 0 radical (unpaired) electrons. The number of carbonyl (C=O) groups is 2. The van der Waals surface area contributed by atoms with Crippen LogP contribution in [0.3, 0.4) is 0 Å². The summed E-state index contributed by atoms with van der Waals surface area (Å²) < 4.78 is 9.22. The Morgan fingerprint density at radius 3 is 2.89 bits per heavy atom. The molecule has 9 heteroatoms. The van der Waals surface area contributed by atoms with Crippen LogP contribution in [0.5, 0.6) is 0 Å². The van der Waals surface area contributed by atoms with Gasteiger partial charge < -0.3 is 9.26 Å². The fourth-order valence-electron chi connectivity index (χ4n) is 1.21. The van der Waals surface area contributed by atoms with Crippen LogP contribution in [0.2, 0.25) is 0 Å². The smallest absolute Gasteiger partial charge is 0.311 e. The molecular formula is C10H10N4O4S.